The van der Waals surface area contributed by atoms with Gasteiger partial charge in [0.05, 0.1) is 17.3 Å². The van der Waals surface area contributed by atoms with Crippen molar-refractivity contribution in [1.82, 2.24) is 10.6 Å². The number of benzene rings is 2. The summed E-state index contributed by atoms with van der Waals surface area (Å²) in [5.74, 6) is 1.09. The molecular formula is C20H27N3O2S. The molecule has 0 saturated carbocycles. The Morgan fingerprint density at radius 3 is 2.31 bits per heavy atom. The van der Waals surface area contributed by atoms with Crippen LogP contribution in [-0.4, -0.2) is 40.7 Å². The van der Waals surface area contributed by atoms with Crippen LogP contribution in [0.25, 0.3) is 0 Å². The standard InChI is InChI=1S/C20H27N3O2S/c1-3-21-19(22-14-15-26(25)18-12-8-5-9-13-18)23-16-20(2,24)17-10-6-4-7-11-17/h4-13,24H,3,14-16H2,1-2H3,(H2,21,22,23). The van der Waals surface area contributed by atoms with Gasteiger partial charge in [0, 0.05) is 23.7 Å². The van der Waals surface area contributed by atoms with E-state index in [9.17, 15) is 9.32 Å². The number of hydrogen-bond donors (Lipinski definition) is 3. The molecule has 26 heavy (non-hydrogen) atoms. The van der Waals surface area contributed by atoms with Crippen LogP contribution in [0.15, 0.2) is 70.6 Å². The highest BCUT2D eigenvalue weighted by Gasteiger charge is 2.22. The smallest absolute Gasteiger partial charge is 0.191 e. The van der Waals surface area contributed by atoms with Crippen LogP contribution in [0.5, 0.6) is 0 Å². The third-order valence-corrected chi connectivity index (χ3v) is 5.24. The Morgan fingerprint density at radius 2 is 1.69 bits per heavy atom. The first kappa shape index (κ1) is 20.1. The van der Waals surface area contributed by atoms with Crippen molar-refractivity contribution in [3.63, 3.8) is 0 Å². The van der Waals surface area contributed by atoms with E-state index in [4.69, 9.17) is 0 Å². The van der Waals surface area contributed by atoms with Gasteiger partial charge in [0.25, 0.3) is 0 Å². The van der Waals surface area contributed by atoms with E-state index in [1.165, 1.54) is 0 Å². The van der Waals surface area contributed by atoms with Crippen LogP contribution < -0.4 is 10.6 Å². The molecule has 0 bridgehead atoms. The van der Waals surface area contributed by atoms with Gasteiger partial charge in [-0.25, -0.2) is 4.99 Å². The van der Waals surface area contributed by atoms with Crippen LogP contribution >= 0.6 is 0 Å². The normalized spacial score (nSPS) is 15.1. The molecule has 6 heteroatoms. The van der Waals surface area contributed by atoms with Crippen molar-refractivity contribution < 1.29 is 9.32 Å². The average molecular weight is 374 g/mol. The Hall–Kier alpha value is -2.18. The van der Waals surface area contributed by atoms with Crippen molar-refractivity contribution in [2.75, 3.05) is 25.4 Å². The van der Waals surface area contributed by atoms with Crippen LogP contribution in [-0.2, 0) is 16.4 Å². The third kappa shape index (κ3) is 6.28. The van der Waals surface area contributed by atoms with Crippen molar-refractivity contribution in [3.05, 3.63) is 66.2 Å². The number of rotatable bonds is 8. The second-order valence-electron chi connectivity index (χ2n) is 6.12. The fourth-order valence-corrected chi connectivity index (χ4v) is 3.40. The highest BCUT2D eigenvalue weighted by atomic mass is 32.2. The summed E-state index contributed by atoms with van der Waals surface area (Å²) in [5.41, 5.74) is -0.221. The summed E-state index contributed by atoms with van der Waals surface area (Å²) < 4.78 is 12.3. The summed E-state index contributed by atoms with van der Waals surface area (Å²) in [6, 6.07) is 18.9. The van der Waals surface area contributed by atoms with Gasteiger partial charge < -0.3 is 15.7 Å². The van der Waals surface area contributed by atoms with Crippen LogP contribution in [0, 0.1) is 0 Å². The fraction of sp³-hybridized carbons (Fsp3) is 0.350. The second kappa shape index (κ2) is 10.1. The molecule has 0 aliphatic rings. The summed E-state index contributed by atoms with van der Waals surface area (Å²) in [4.78, 5) is 5.30. The zero-order valence-corrected chi connectivity index (χ0v) is 16.1. The number of aliphatic hydroxyl groups is 1. The lowest BCUT2D eigenvalue weighted by molar-refractivity contribution is 0.0672. The van der Waals surface area contributed by atoms with E-state index < -0.39 is 16.4 Å². The molecule has 0 spiro atoms. The van der Waals surface area contributed by atoms with Gasteiger partial charge in [-0.05, 0) is 31.5 Å². The Balaban J connectivity index is 1.91. The van der Waals surface area contributed by atoms with Gasteiger partial charge in [-0.1, -0.05) is 48.5 Å². The van der Waals surface area contributed by atoms with Crippen molar-refractivity contribution >= 4 is 16.8 Å². The van der Waals surface area contributed by atoms with E-state index >= 15 is 0 Å². The van der Waals surface area contributed by atoms with E-state index in [0.29, 0.717) is 24.8 Å². The molecule has 3 N–H and O–H groups in total. The number of hydrogen-bond acceptors (Lipinski definition) is 3. The molecule has 0 heterocycles. The summed E-state index contributed by atoms with van der Waals surface area (Å²) >= 11 is 0. The highest BCUT2D eigenvalue weighted by molar-refractivity contribution is 7.85. The SMILES string of the molecule is CCNC(=NCC(C)(O)c1ccccc1)NCCS(=O)c1ccccc1. The molecule has 0 aliphatic heterocycles. The topological polar surface area (TPSA) is 73.7 Å². The van der Waals surface area contributed by atoms with Gasteiger partial charge in [-0.2, -0.15) is 0 Å². The minimum absolute atomic E-state index is 0.230. The molecule has 2 unspecified atom stereocenters. The molecule has 0 fully saturated rings. The van der Waals surface area contributed by atoms with Gasteiger partial charge in [-0.15, -0.1) is 0 Å². The van der Waals surface area contributed by atoms with Gasteiger partial charge in [0.2, 0.25) is 0 Å². The van der Waals surface area contributed by atoms with E-state index in [1.54, 1.807) is 6.92 Å². The molecule has 0 saturated heterocycles. The highest BCUT2D eigenvalue weighted by Crippen LogP contribution is 2.20. The first-order valence-corrected chi connectivity index (χ1v) is 10.1. The average Bonchev–Trinajstić information content (AvgIpc) is 2.67. The third-order valence-electron chi connectivity index (χ3n) is 3.87. The fourth-order valence-electron chi connectivity index (χ4n) is 2.42. The van der Waals surface area contributed by atoms with Gasteiger partial charge in [-0.3, -0.25) is 4.21 Å². The Labute approximate surface area is 158 Å². The summed E-state index contributed by atoms with van der Waals surface area (Å²) in [6.07, 6.45) is 0. The van der Waals surface area contributed by atoms with E-state index in [2.05, 4.69) is 15.6 Å². The molecule has 2 aromatic rings. The first-order chi connectivity index (χ1) is 12.5. The maximum absolute atomic E-state index is 12.3. The molecule has 5 nitrogen and oxygen atoms in total. The minimum Gasteiger partial charge on any atom is -0.384 e. The van der Waals surface area contributed by atoms with E-state index in [-0.39, 0.29) is 6.54 Å². The predicted octanol–water partition coefficient (Wildman–Crippen LogP) is 2.26. The predicted molar refractivity (Wildman–Crippen MR) is 108 cm³/mol. The summed E-state index contributed by atoms with van der Waals surface area (Å²) in [6.45, 7) is 5.20. The van der Waals surface area contributed by atoms with Crippen molar-refractivity contribution in [3.8, 4) is 0 Å². The molecule has 0 aliphatic carbocycles. The van der Waals surface area contributed by atoms with E-state index in [1.807, 2.05) is 67.6 Å². The molecule has 0 aromatic heterocycles. The summed E-state index contributed by atoms with van der Waals surface area (Å²) in [5, 5.41) is 17.0. The monoisotopic (exact) mass is 373 g/mol. The van der Waals surface area contributed by atoms with Gasteiger partial charge in [0.1, 0.15) is 5.60 Å². The number of aliphatic imine (C=N–C) groups is 1. The largest absolute Gasteiger partial charge is 0.384 e. The molecule has 0 amide bonds. The molecule has 2 atom stereocenters. The number of guanidine groups is 1. The Kier molecular flexibility index (Phi) is 7.81. The quantitative estimate of drug-likeness (QED) is 0.490. The molecule has 0 radical (unpaired) electrons. The molecule has 140 valence electrons. The first-order valence-electron chi connectivity index (χ1n) is 8.76. The van der Waals surface area contributed by atoms with E-state index in [0.717, 1.165) is 10.5 Å². The Morgan fingerprint density at radius 1 is 1.08 bits per heavy atom. The lowest BCUT2D eigenvalue weighted by Gasteiger charge is -2.22. The number of nitrogens with one attached hydrogen (secondary N) is 2. The zero-order valence-electron chi connectivity index (χ0n) is 15.3. The van der Waals surface area contributed by atoms with Gasteiger partial charge in [0.15, 0.2) is 5.96 Å². The van der Waals surface area contributed by atoms with Gasteiger partial charge >= 0.3 is 0 Å². The Bertz CT molecular complexity index is 718. The van der Waals surface area contributed by atoms with Crippen LogP contribution in [0.1, 0.15) is 19.4 Å². The lowest BCUT2D eigenvalue weighted by Crippen LogP contribution is -2.40. The summed E-state index contributed by atoms with van der Waals surface area (Å²) in [7, 11) is -1.05. The maximum atomic E-state index is 12.3. The van der Waals surface area contributed by atoms with Crippen molar-refractivity contribution in [1.29, 1.82) is 0 Å². The second-order valence-corrected chi connectivity index (χ2v) is 7.70. The van der Waals surface area contributed by atoms with Crippen molar-refractivity contribution in [2.24, 2.45) is 4.99 Å². The van der Waals surface area contributed by atoms with Crippen LogP contribution in [0.4, 0.5) is 0 Å². The molecular weight excluding hydrogens is 346 g/mol. The molecule has 2 aromatic carbocycles. The van der Waals surface area contributed by atoms with Crippen LogP contribution in [0.2, 0.25) is 0 Å². The molecule has 2 rings (SSSR count). The zero-order chi connectivity index (χ0) is 18.8. The number of nitrogens with zero attached hydrogens (tertiary/aromatic N) is 1. The minimum atomic E-state index is -1.05. The maximum Gasteiger partial charge on any atom is 0.191 e. The lowest BCUT2D eigenvalue weighted by atomic mass is 9.96. The van der Waals surface area contributed by atoms with Crippen molar-refractivity contribution in [2.45, 2.75) is 24.3 Å². The van der Waals surface area contributed by atoms with Crippen LogP contribution in [0.3, 0.4) is 0 Å².